The van der Waals surface area contributed by atoms with Crippen molar-refractivity contribution in [3.63, 3.8) is 0 Å². The first-order chi connectivity index (χ1) is 17.4. The summed E-state index contributed by atoms with van der Waals surface area (Å²) in [6.45, 7) is 20.3. The minimum absolute atomic E-state index is 0.0241. The number of halogens is 3. The first kappa shape index (κ1) is 33.5. The molecule has 8 heteroatoms. The lowest BCUT2D eigenvalue weighted by Gasteiger charge is -2.60. The van der Waals surface area contributed by atoms with E-state index in [0.717, 1.165) is 32.1 Å². The van der Waals surface area contributed by atoms with E-state index in [1.165, 1.54) is 36.0 Å². The van der Waals surface area contributed by atoms with Gasteiger partial charge >= 0.3 is 12.3 Å². The van der Waals surface area contributed by atoms with Crippen LogP contribution in [0.1, 0.15) is 91.7 Å². The summed E-state index contributed by atoms with van der Waals surface area (Å²) in [4.78, 5) is 22.8. The quantitative estimate of drug-likeness (QED) is 0.338. The molecule has 0 radical (unpaired) electrons. The number of allylic oxidation sites excluding steroid dienone is 1. The number of amides is 1. The number of benzene rings is 1. The summed E-state index contributed by atoms with van der Waals surface area (Å²) in [5.74, 6) is 0.879. The van der Waals surface area contributed by atoms with Gasteiger partial charge in [-0.3, -0.25) is 0 Å². The molecule has 1 saturated heterocycles. The Morgan fingerprint density at radius 2 is 1.66 bits per heavy atom. The molecule has 1 aromatic carbocycles. The monoisotopic (exact) mass is 541 g/mol. The van der Waals surface area contributed by atoms with Crippen molar-refractivity contribution in [3.05, 3.63) is 41.5 Å². The van der Waals surface area contributed by atoms with Gasteiger partial charge in [-0.1, -0.05) is 45.9 Å². The number of likely N-dealkylation sites (tertiary alicyclic amines) is 1. The second-order valence-electron chi connectivity index (χ2n) is 11.8. The predicted molar refractivity (Wildman–Crippen MR) is 146 cm³/mol. The SMILES string of the molecule is C=C1CCC1.C=O.CCC(F)(F)F.COc1ccc2c(c1)CC1N(C(=O)OC(C)(C)C)CCC2(C)C1(C)C. The number of methoxy groups -OCH3 is 1. The Kier molecular flexibility index (Phi) is 11.5. The van der Waals surface area contributed by atoms with Gasteiger partial charge < -0.3 is 19.2 Å². The van der Waals surface area contributed by atoms with Gasteiger partial charge in [-0.15, -0.1) is 0 Å². The van der Waals surface area contributed by atoms with Crippen LogP contribution in [0.2, 0.25) is 0 Å². The Bertz CT molecular complexity index is 946. The maximum Gasteiger partial charge on any atom is 0.410 e. The van der Waals surface area contributed by atoms with Crippen LogP contribution in [-0.4, -0.2) is 49.3 Å². The Balaban J connectivity index is 0.000000458. The molecular weight excluding hydrogens is 495 g/mol. The molecule has 1 aliphatic heterocycles. The molecule has 0 spiro atoms. The highest BCUT2D eigenvalue weighted by Crippen LogP contribution is 2.56. The van der Waals surface area contributed by atoms with Gasteiger partial charge in [0.1, 0.15) is 18.1 Å². The van der Waals surface area contributed by atoms with E-state index in [-0.39, 0.29) is 23.0 Å². The van der Waals surface area contributed by atoms with Crippen molar-refractivity contribution >= 4 is 12.9 Å². The normalized spacial score (nSPS) is 23.0. The first-order valence-corrected chi connectivity index (χ1v) is 13.1. The minimum atomic E-state index is -3.96. The maximum absolute atomic E-state index is 12.8. The topological polar surface area (TPSA) is 55.8 Å². The number of fused-ring (bicyclic) bond motifs is 4. The Morgan fingerprint density at radius 3 is 2.05 bits per heavy atom. The zero-order valence-electron chi connectivity index (χ0n) is 24.4. The molecule has 1 aromatic rings. The number of rotatable bonds is 1. The van der Waals surface area contributed by atoms with Gasteiger partial charge in [-0.05, 0) is 81.5 Å². The highest BCUT2D eigenvalue weighted by atomic mass is 19.4. The third-order valence-corrected chi connectivity index (χ3v) is 7.89. The molecule has 4 rings (SSSR count). The standard InChI is InChI=1S/C21H31NO3.C5H8.C3H5F3.CH2O/c1-19(2,3)25-18(23)22-11-10-21(6)16-9-8-15(24-7)12-14(16)13-17(22)20(21,4)5;1-5-3-2-4-5;1-2-3(4,5)6;1-2/h8-9,12,17H,10-11,13H2,1-7H3;1-4H2;2H2,1H3;1H2. The van der Waals surface area contributed by atoms with Crippen LogP contribution in [-0.2, 0) is 21.4 Å². The van der Waals surface area contributed by atoms with Crippen LogP contribution in [0.5, 0.6) is 5.75 Å². The number of carbonyl (C=O) groups excluding carboxylic acids is 2. The average Bonchev–Trinajstić information content (AvgIpc) is 2.80. The molecule has 38 heavy (non-hydrogen) atoms. The Hall–Kier alpha value is -2.51. The van der Waals surface area contributed by atoms with Gasteiger partial charge in [0.25, 0.3) is 0 Å². The zero-order chi connectivity index (χ0) is 29.5. The summed E-state index contributed by atoms with van der Waals surface area (Å²) in [5.41, 5.74) is 3.67. The second-order valence-corrected chi connectivity index (χ2v) is 11.8. The number of hydrogen-bond acceptors (Lipinski definition) is 4. The lowest BCUT2D eigenvalue weighted by Crippen LogP contribution is -2.65. The maximum atomic E-state index is 12.8. The molecule has 3 aliphatic rings. The van der Waals surface area contributed by atoms with Gasteiger partial charge in [0.2, 0.25) is 0 Å². The van der Waals surface area contributed by atoms with Crippen LogP contribution in [0, 0.1) is 5.41 Å². The van der Waals surface area contributed by atoms with E-state index in [9.17, 15) is 18.0 Å². The lowest BCUT2D eigenvalue weighted by atomic mass is 9.51. The molecule has 2 fully saturated rings. The molecule has 1 heterocycles. The molecule has 0 aromatic heterocycles. The summed E-state index contributed by atoms with van der Waals surface area (Å²) in [6, 6.07) is 6.53. The summed E-state index contributed by atoms with van der Waals surface area (Å²) in [6.07, 6.45) is 0.869. The lowest BCUT2D eigenvalue weighted by molar-refractivity contribution is -0.130. The molecule has 5 nitrogen and oxygen atoms in total. The van der Waals surface area contributed by atoms with Gasteiger partial charge in [-0.2, -0.15) is 13.2 Å². The van der Waals surface area contributed by atoms with Crippen LogP contribution in [0.25, 0.3) is 0 Å². The highest BCUT2D eigenvalue weighted by molar-refractivity contribution is 5.69. The third kappa shape index (κ3) is 8.24. The molecule has 0 N–H and O–H groups in total. The van der Waals surface area contributed by atoms with Crippen molar-refractivity contribution in [1.29, 1.82) is 0 Å². The van der Waals surface area contributed by atoms with Crippen molar-refractivity contribution in [2.24, 2.45) is 5.41 Å². The third-order valence-electron chi connectivity index (χ3n) is 7.89. The molecule has 2 bridgehead atoms. The van der Waals surface area contributed by atoms with Crippen molar-refractivity contribution in [3.8, 4) is 5.75 Å². The molecule has 2 unspecified atom stereocenters. The van der Waals surface area contributed by atoms with Crippen LogP contribution in [0.15, 0.2) is 30.4 Å². The number of alkyl halides is 3. The van der Waals surface area contributed by atoms with Crippen LogP contribution in [0.3, 0.4) is 0 Å². The van der Waals surface area contributed by atoms with E-state index in [4.69, 9.17) is 14.3 Å². The number of carbonyl (C=O) groups is 2. The molecule has 2 atom stereocenters. The Labute approximate surface area is 226 Å². The highest BCUT2D eigenvalue weighted by Gasteiger charge is 2.57. The molecule has 1 saturated carbocycles. The summed E-state index contributed by atoms with van der Waals surface area (Å²) in [7, 11) is 1.70. The van der Waals surface area contributed by atoms with Crippen molar-refractivity contribution in [2.45, 2.75) is 110 Å². The fourth-order valence-electron chi connectivity index (χ4n) is 5.00. The van der Waals surface area contributed by atoms with Crippen molar-refractivity contribution < 1.29 is 32.2 Å². The van der Waals surface area contributed by atoms with Gasteiger partial charge in [-0.25, -0.2) is 4.79 Å². The second kappa shape index (κ2) is 13.0. The largest absolute Gasteiger partial charge is 0.497 e. The van der Waals surface area contributed by atoms with E-state index in [1.54, 1.807) is 7.11 Å². The summed E-state index contributed by atoms with van der Waals surface area (Å²) in [5, 5.41) is 0. The van der Waals surface area contributed by atoms with Gasteiger partial charge in [0.05, 0.1) is 7.11 Å². The van der Waals surface area contributed by atoms with Crippen molar-refractivity contribution in [2.75, 3.05) is 13.7 Å². The molecular formula is C30H46F3NO4. The fraction of sp³-hybridized carbons (Fsp3) is 0.667. The number of piperidine rings is 1. The number of nitrogens with zero attached hydrogens (tertiary/aromatic N) is 1. The summed E-state index contributed by atoms with van der Waals surface area (Å²) >= 11 is 0. The fourth-order valence-corrected chi connectivity index (χ4v) is 5.00. The van der Waals surface area contributed by atoms with E-state index in [1.807, 2.05) is 32.5 Å². The van der Waals surface area contributed by atoms with Gasteiger partial charge in [0, 0.05) is 24.4 Å². The molecule has 216 valence electrons. The van der Waals surface area contributed by atoms with E-state index < -0.39 is 18.2 Å². The Morgan fingerprint density at radius 1 is 1.13 bits per heavy atom. The van der Waals surface area contributed by atoms with Crippen LogP contribution >= 0.6 is 0 Å². The minimum Gasteiger partial charge on any atom is -0.497 e. The molecule has 2 aliphatic carbocycles. The van der Waals surface area contributed by atoms with Crippen molar-refractivity contribution in [1.82, 2.24) is 4.90 Å². The van der Waals surface area contributed by atoms with E-state index in [0.29, 0.717) is 0 Å². The van der Waals surface area contributed by atoms with E-state index >= 15 is 0 Å². The number of hydrogen-bond donors (Lipinski definition) is 0. The first-order valence-electron chi connectivity index (χ1n) is 13.1. The smallest absolute Gasteiger partial charge is 0.410 e. The van der Waals surface area contributed by atoms with Crippen LogP contribution < -0.4 is 4.74 Å². The zero-order valence-corrected chi connectivity index (χ0v) is 24.4. The number of ether oxygens (including phenoxy) is 2. The summed E-state index contributed by atoms with van der Waals surface area (Å²) < 4.78 is 43.5. The average molecular weight is 542 g/mol. The van der Waals surface area contributed by atoms with Gasteiger partial charge in [0.15, 0.2) is 0 Å². The van der Waals surface area contributed by atoms with E-state index in [2.05, 4.69) is 45.5 Å². The molecule has 1 amide bonds. The predicted octanol–water partition coefficient (Wildman–Crippen LogP) is 8.04. The van der Waals surface area contributed by atoms with Crippen LogP contribution in [0.4, 0.5) is 18.0 Å².